The molecule has 1 aliphatic heterocycles. The Labute approximate surface area is 117 Å². The molecule has 2 aliphatic rings. The van der Waals surface area contributed by atoms with Gasteiger partial charge in [-0.05, 0) is 50.3 Å². The number of rotatable bonds is 7. The van der Waals surface area contributed by atoms with Gasteiger partial charge in [-0.2, -0.15) is 0 Å². The fraction of sp³-hybridized carbons (Fsp3) is 0.647. The van der Waals surface area contributed by atoms with E-state index in [-0.39, 0.29) is 0 Å². The van der Waals surface area contributed by atoms with E-state index in [0.29, 0.717) is 6.04 Å². The van der Waals surface area contributed by atoms with Crippen molar-refractivity contribution >= 4 is 5.69 Å². The Morgan fingerprint density at radius 2 is 2.16 bits per heavy atom. The van der Waals surface area contributed by atoms with Gasteiger partial charge in [0, 0.05) is 24.8 Å². The Bertz CT molecular complexity index is 411. The van der Waals surface area contributed by atoms with Crippen LogP contribution in [0.3, 0.4) is 0 Å². The third kappa shape index (κ3) is 3.50. The molecule has 0 aromatic heterocycles. The molecule has 0 saturated heterocycles. The number of hydrogen-bond acceptors (Lipinski definition) is 2. The van der Waals surface area contributed by atoms with Crippen LogP contribution in [0.15, 0.2) is 24.3 Å². The van der Waals surface area contributed by atoms with Crippen LogP contribution in [-0.4, -0.2) is 25.7 Å². The molecule has 1 fully saturated rings. The maximum atomic E-state index is 3.68. The molecule has 1 N–H and O–H groups in total. The van der Waals surface area contributed by atoms with Crippen molar-refractivity contribution < 1.29 is 0 Å². The lowest BCUT2D eigenvalue weighted by atomic mass is 10.1. The number of hydrogen-bond donors (Lipinski definition) is 1. The number of benzene rings is 1. The molecule has 1 aromatic rings. The fourth-order valence-corrected chi connectivity index (χ4v) is 3.19. The van der Waals surface area contributed by atoms with Crippen LogP contribution >= 0.6 is 0 Å². The molecule has 1 heterocycles. The van der Waals surface area contributed by atoms with Crippen LogP contribution in [0.1, 0.15) is 38.2 Å². The number of fused-ring (bicyclic) bond motifs is 1. The van der Waals surface area contributed by atoms with E-state index in [0.717, 1.165) is 12.5 Å². The second-order valence-electron chi connectivity index (χ2n) is 6.25. The van der Waals surface area contributed by atoms with E-state index in [1.807, 2.05) is 0 Å². The second-order valence-corrected chi connectivity index (χ2v) is 6.25. The predicted molar refractivity (Wildman–Crippen MR) is 81.8 cm³/mol. The van der Waals surface area contributed by atoms with Crippen LogP contribution in [0, 0.1) is 5.92 Å². The largest absolute Gasteiger partial charge is 0.371 e. The molecule has 0 radical (unpaired) electrons. The first kappa shape index (κ1) is 13.0. The maximum absolute atomic E-state index is 3.68. The van der Waals surface area contributed by atoms with Crippen molar-refractivity contribution in [3.63, 3.8) is 0 Å². The Hall–Kier alpha value is -1.02. The molecular weight excluding hydrogens is 232 g/mol. The van der Waals surface area contributed by atoms with Gasteiger partial charge in [0.1, 0.15) is 0 Å². The van der Waals surface area contributed by atoms with Crippen molar-refractivity contribution in [2.75, 3.05) is 24.5 Å². The minimum absolute atomic E-state index is 0.707. The molecule has 1 saturated carbocycles. The van der Waals surface area contributed by atoms with Crippen molar-refractivity contribution in [1.82, 2.24) is 5.32 Å². The third-order valence-electron chi connectivity index (χ3n) is 4.46. The molecule has 2 nitrogen and oxygen atoms in total. The SMILES string of the molecule is CC(CC1CC1)NCCCN1CCc2ccccc21. The van der Waals surface area contributed by atoms with Gasteiger partial charge in [0.2, 0.25) is 0 Å². The summed E-state index contributed by atoms with van der Waals surface area (Å²) in [6.07, 6.45) is 6.80. The van der Waals surface area contributed by atoms with Gasteiger partial charge in [-0.25, -0.2) is 0 Å². The topological polar surface area (TPSA) is 15.3 Å². The van der Waals surface area contributed by atoms with E-state index in [2.05, 4.69) is 41.4 Å². The lowest BCUT2D eigenvalue weighted by Crippen LogP contribution is -2.30. The molecule has 0 amide bonds. The first-order chi connectivity index (χ1) is 9.33. The lowest BCUT2D eigenvalue weighted by molar-refractivity contribution is 0.482. The lowest BCUT2D eigenvalue weighted by Gasteiger charge is -2.20. The standard InChI is InChI=1S/C17H26N2/c1-14(13-15-7-8-15)18-10-4-11-19-12-9-16-5-2-3-6-17(16)19/h2-3,5-6,14-15,18H,4,7-13H2,1H3. The molecule has 2 heteroatoms. The van der Waals surface area contributed by atoms with Crippen LogP contribution in [0.2, 0.25) is 0 Å². The Kier molecular flexibility index (Phi) is 4.07. The fourth-order valence-electron chi connectivity index (χ4n) is 3.19. The zero-order chi connectivity index (χ0) is 13.1. The number of para-hydroxylation sites is 1. The minimum atomic E-state index is 0.707. The Balaban J connectivity index is 1.36. The molecule has 0 bridgehead atoms. The molecule has 1 aliphatic carbocycles. The maximum Gasteiger partial charge on any atom is 0.0399 e. The van der Waals surface area contributed by atoms with E-state index in [1.165, 1.54) is 56.4 Å². The van der Waals surface area contributed by atoms with Crippen molar-refractivity contribution in [2.24, 2.45) is 5.92 Å². The summed E-state index contributed by atoms with van der Waals surface area (Å²) >= 11 is 0. The first-order valence-electron chi connectivity index (χ1n) is 7.89. The number of nitrogens with zero attached hydrogens (tertiary/aromatic N) is 1. The van der Waals surface area contributed by atoms with E-state index < -0.39 is 0 Å². The third-order valence-corrected chi connectivity index (χ3v) is 4.46. The number of anilines is 1. The van der Waals surface area contributed by atoms with Crippen molar-refractivity contribution in [3.05, 3.63) is 29.8 Å². The molecule has 1 unspecified atom stereocenters. The molecule has 104 valence electrons. The molecule has 0 spiro atoms. The van der Waals surface area contributed by atoms with Gasteiger partial charge in [0.15, 0.2) is 0 Å². The zero-order valence-corrected chi connectivity index (χ0v) is 12.1. The van der Waals surface area contributed by atoms with E-state index >= 15 is 0 Å². The summed E-state index contributed by atoms with van der Waals surface area (Å²) < 4.78 is 0. The average Bonchev–Trinajstić information content (AvgIpc) is 3.14. The Morgan fingerprint density at radius 3 is 3.00 bits per heavy atom. The van der Waals surface area contributed by atoms with Gasteiger partial charge in [-0.15, -0.1) is 0 Å². The highest BCUT2D eigenvalue weighted by Crippen LogP contribution is 2.33. The number of nitrogens with one attached hydrogen (secondary N) is 1. The van der Waals surface area contributed by atoms with Crippen LogP contribution < -0.4 is 10.2 Å². The Morgan fingerprint density at radius 1 is 1.32 bits per heavy atom. The van der Waals surface area contributed by atoms with Gasteiger partial charge < -0.3 is 10.2 Å². The van der Waals surface area contributed by atoms with Crippen molar-refractivity contribution in [1.29, 1.82) is 0 Å². The quantitative estimate of drug-likeness (QED) is 0.755. The summed E-state index contributed by atoms with van der Waals surface area (Å²) in [6.45, 7) is 5.90. The molecule has 19 heavy (non-hydrogen) atoms. The van der Waals surface area contributed by atoms with Crippen LogP contribution in [-0.2, 0) is 6.42 Å². The highest BCUT2D eigenvalue weighted by Gasteiger charge is 2.23. The summed E-state index contributed by atoms with van der Waals surface area (Å²) in [6, 6.07) is 9.56. The van der Waals surface area contributed by atoms with E-state index in [1.54, 1.807) is 0 Å². The summed E-state index contributed by atoms with van der Waals surface area (Å²) in [5.41, 5.74) is 2.99. The normalized spacial score (nSPS) is 19.5. The highest BCUT2D eigenvalue weighted by molar-refractivity contribution is 5.57. The van der Waals surface area contributed by atoms with Crippen LogP contribution in [0.5, 0.6) is 0 Å². The molecule has 1 aromatic carbocycles. The molecular formula is C17H26N2. The van der Waals surface area contributed by atoms with Gasteiger partial charge in [-0.3, -0.25) is 0 Å². The van der Waals surface area contributed by atoms with Crippen LogP contribution in [0.4, 0.5) is 5.69 Å². The van der Waals surface area contributed by atoms with Crippen molar-refractivity contribution in [2.45, 2.75) is 45.1 Å². The average molecular weight is 258 g/mol. The second kappa shape index (κ2) is 5.96. The van der Waals surface area contributed by atoms with Crippen LogP contribution in [0.25, 0.3) is 0 Å². The summed E-state index contributed by atoms with van der Waals surface area (Å²) in [4.78, 5) is 2.54. The van der Waals surface area contributed by atoms with Gasteiger partial charge in [-0.1, -0.05) is 31.0 Å². The summed E-state index contributed by atoms with van der Waals surface area (Å²) in [5, 5.41) is 3.68. The van der Waals surface area contributed by atoms with E-state index in [9.17, 15) is 0 Å². The first-order valence-corrected chi connectivity index (χ1v) is 7.89. The smallest absolute Gasteiger partial charge is 0.0399 e. The minimum Gasteiger partial charge on any atom is -0.371 e. The van der Waals surface area contributed by atoms with E-state index in [4.69, 9.17) is 0 Å². The summed E-state index contributed by atoms with van der Waals surface area (Å²) in [5.74, 6) is 1.04. The van der Waals surface area contributed by atoms with Gasteiger partial charge >= 0.3 is 0 Å². The monoisotopic (exact) mass is 258 g/mol. The van der Waals surface area contributed by atoms with Gasteiger partial charge in [0.05, 0.1) is 0 Å². The zero-order valence-electron chi connectivity index (χ0n) is 12.1. The molecule has 3 rings (SSSR count). The predicted octanol–water partition coefficient (Wildman–Crippen LogP) is 3.22. The summed E-state index contributed by atoms with van der Waals surface area (Å²) in [7, 11) is 0. The molecule has 1 atom stereocenters. The van der Waals surface area contributed by atoms with Crippen molar-refractivity contribution in [3.8, 4) is 0 Å². The van der Waals surface area contributed by atoms with Gasteiger partial charge in [0.25, 0.3) is 0 Å². The highest BCUT2D eigenvalue weighted by atomic mass is 15.1.